The fraction of sp³-hybridized carbons (Fsp3) is 0.533. The molecular formula is C15H18BrNO3. The van der Waals surface area contributed by atoms with Gasteiger partial charge in [-0.05, 0) is 43.5 Å². The molecule has 5 heteroatoms. The fourth-order valence-electron chi connectivity index (χ4n) is 2.85. The Kier molecular flexibility index (Phi) is 4.38. The highest BCUT2D eigenvalue weighted by atomic mass is 79.9. The lowest BCUT2D eigenvalue weighted by Crippen LogP contribution is -2.50. The lowest BCUT2D eigenvalue weighted by atomic mass is 10.00. The molecule has 1 amide bonds. The predicted octanol–water partition coefficient (Wildman–Crippen LogP) is 2.82. The summed E-state index contributed by atoms with van der Waals surface area (Å²) < 4.78 is 12.2. The highest BCUT2D eigenvalue weighted by molar-refractivity contribution is 9.10. The highest BCUT2D eigenvalue weighted by Crippen LogP contribution is 2.26. The number of halogens is 1. The number of hydrogen-bond donors (Lipinski definition) is 0. The van der Waals surface area contributed by atoms with E-state index in [-0.39, 0.29) is 18.2 Å². The number of carbonyl (C=O) groups is 1. The van der Waals surface area contributed by atoms with Gasteiger partial charge in [-0.25, -0.2) is 0 Å². The van der Waals surface area contributed by atoms with Crippen molar-refractivity contribution in [2.24, 2.45) is 0 Å². The number of amides is 1. The quantitative estimate of drug-likeness (QED) is 0.831. The first-order chi connectivity index (χ1) is 9.75. The zero-order valence-corrected chi connectivity index (χ0v) is 12.8. The summed E-state index contributed by atoms with van der Waals surface area (Å²) in [6.45, 7) is 2.03. The summed E-state index contributed by atoms with van der Waals surface area (Å²) in [7, 11) is 0. The summed E-state index contributed by atoms with van der Waals surface area (Å²) in [4.78, 5) is 14.6. The van der Waals surface area contributed by atoms with Gasteiger partial charge in [-0.3, -0.25) is 4.79 Å². The first-order valence-corrected chi connectivity index (χ1v) is 7.85. The Hall–Kier alpha value is -0.910. The fourth-order valence-corrected chi connectivity index (χ4v) is 3.11. The van der Waals surface area contributed by atoms with E-state index in [1.807, 2.05) is 29.2 Å². The van der Waals surface area contributed by atoms with Crippen molar-refractivity contribution in [3.8, 4) is 0 Å². The smallest absolute Gasteiger partial charge is 0.254 e. The summed E-state index contributed by atoms with van der Waals surface area (Å²) in [6, 6.07) is 7.55. The minimum Gasteiger partial charge on any atom is -0.348 e. The van der Waals surface area contributed by atoms with E-state index in [1.165, 1.54) is 0 Å². The van der Waals surface area contributed by atoms with Crippen LogP contribution in [0.1, 0.15) is 29.6 Å². The maximum atomic E-state index is 12.7. The Morgan fingerprint density at radius 3 is 2.55 bits per heavy atom. The van der Waals surface area contributed by atoms with Crippen molar-refractivity contribution in [3.63, 3.8) is 0 Å². The Morgan fingerprint density at radius 2 is 1.85 bits per heavy atom. The van der Waals surface area contributed by atoms with Gasteiger partial charge in [0.05, 0.1) is 19.3 Å². The van der Waals surface area contributed by atoms with Crippen molar-refractivity contribution in [2.45, 2.75) is 31.6 Å². The Bertz CT molecular complexity index is 471. The first-order valence-electron chi connectivity index (χ1n) is 7.05. The molecule has 2 aliphatic rings. The molecule has 20 heavy (non-hydrogen) atoms. The summed E-state index contributed by atoms with van der Waals surface area (Å²) in [5.41, 5.74) is 0.720. The molecule has 1 aromatic rings. The third kappa shape index (κ3) is 2.90. The number of ether oxygens (including phenoxy) is 2. The minimum absolute atomic E-state index is 0.0439. The normalized spacial score (nSPS) is 24.1. The number of likely N-dealkylation sites (tertiary alicyclic amines) is 1. The van der Waals surface area contributed by atoms with Gasteiger partial charge in [0.2, 0.25) is 0 Å². The lowest BCUT2D eigenvalue weighted by Gasteiger charge is -2.38. The van der Waals surface area contributed by atoms with Gasteiger partial charge in [-0.15, -0.1) is 0 Å². The van der Waals surface area contributed by atoms with Crippen LogP contribution in [0.3, 0.4) is 0 Å². The molecule has 108 valence electrons. The van der Waals surface area contributed by atoms with Crippen LogP contribution in [-0.4, -0.2) is 42.9 Å². The minimum atomic E-state index is -0.255. The summed E-state index contributed by atoms with van der Waals surface area (Å²) in [6.07, 6.45) is 2.87. The van der Waals surface area contributed by atoms with Crippen LogP contribution in [0.25, 0.3) is 0 Å². The van der Waals surface area contributed by atoms with Gasteiger partial charge in [-0.1, -0.05) is 15.9 Å². The second kappa shape index (κ2) is 6.24. The molecular weight excluding hydrogens is 322 g/mol. The van der Waals surface area contributed by atoms with Crippen molar-refractivity contribution in [1.82, 2.24) is 4.90 Å². The van der Waals surface area contributed by atoms with Crippen LogP contribution >= 0.6 is 15.9 Å². The predicted molar refractivity (Wildman–Crippen MR) is 78.5 cm³/mol. The number of piperidine rings is 1. The number of carbonyl (C=O) groups excluding carboxylic acids is 1. The van der Waals surface area contributed by atoms with Gasteiger partial charge in [0.15, 0.2) is 6.29 Å². The van der Waals surface area contributed by atoms with Gasteiger partial charge >= 0.3 is 0 Å². The molecule has 1 atom stereocenters. The first kappa shape index (κ1) is 14.0. The number of hydrogen-bond acceptors (Lipinski definition) is 3. The Labute approximate surface area is 127 Å². The van der Waals surface area contributed by atoms with Crippen LogP contribution in [0.2, 0.25) is 0 Å². The molecule has 1 aromatic carbocycles. The molecule has 0 N–H and O–H groups in total. The standard InChI is InChI=1S/C15H18BrNO3/c16-12-6-4-11(5-7-12)14(18)17-8-2-1-3-13(17)15-19-9-10-20-15/h4-7,13,15H,1-3,8-10H2/t13-/m0/s1. The zero-order chi connectivity index (χ0) is 13.9. The number of rotatable bonds is 2. The molecule has 0 radical (unpaired) electrons. The van der Waals surface area contributed by atoms with Gasteiger partial charge in [0, 0.05) is 16.6 Å². The van der Waals surface area contributed by atoms with Gasteiger partial charge in [0.25, 0.3) is 5.91 Å². The van der Waals surface area contributed by atoms with E-state index in [0.29, 0.717) is 13.2 Å². The van der Waals surface area contributed by atoms with Crippen molar-refractivity contribution < 1.29 is 14.3 Å². The summed E-state index contributed by atoms with van der Waals surface area (Å²) >= 11 is 3.39. The summed E-state index contributed by atoms with van der Waals surface area (Å²) in [5.74, 6) is 0.0706. The van der Waals surface area contributed by atoms with E-state index in [0.717, 1.165) is 35.8 Å². The molecule has 2 aliphatic heterocycles. The molecule has 4 nitrogen and oxygen atoms in total. The van der Waals surface area contributed by atoms with Crippen molar-refractivity contribution in [2.75, 3.05) is 19.8 Å². The average molecular weight is 340 g/mol. The van der Waals surface area contributed by atoms with Crippen LogP contribution in [-0.2, 0) is 9.47 Å². The summed E-state index contributed by atoms with van der Waals surface area (Å²) in [5, 5.41) is 0. The van der Waals surface area contributed by atoms with Crippen LogP contribution in [0.15, 0.2) is 28.7 Å². The Balaban J connectivity index is 1.78. The van der Waals surface area contributed by atoms with Crippen molar-refractivity contribution in [3.05, 3.63) is 34.3 Å². The van der Waals surface area contributed by atoms with E-state index in [1.54, 1.807) is 0 Å². The van der Waals surface area contributed by atoms with E-state index < -0.39 is 0 Å². The molecule has 0 spiro atoms. The van der Waals surface area contributed by atoms with Gasteiger partial charge < -0.3 is 14.4 Å². The van der Waals surface area contributed by atoms with Crippen LogP contribution in [0.4, 0.5) is 0 Å². The van der Waals surface area contributed by atoms with Crippen LogP contribution in [0.5, 0.6) is 0 Å². The molecule has 0 aromatic heterocycles. The van der Waals surface area contributed by atoms with Crippen LogP contribution in [0, 0.1) is 0 Å². The number of benzene rings is 1. The molecule has 0 aliphatic carbocycles. The zero-order valence-electron chi connectivity index (χ0n) is 11.3. The maximum absolute atomic E-state index is 12.7. The molecule has 0 bridgehead atoms. The second-order valence-electron chi connectivity index (χ2n) is 5.18. The SMILES string of the molecule is O=C(c1ccc(Br)cc1)N1CCCC[C@H]1C1OCCO1. The van der Waals surface area contributed by atoms with Gasteiger partial charge in [-0.2, -0.15) is 0 Å². The van der Waals surface area contributed by atoms with Gasteiger partial charge in [0.1, 0.15) is 0 Å². The van der Waals surface area contributed by atoms with E-state index in [2.05, 4.69) is 15.9 Å². The average Bonchev–Trinajstić information content (AvgIpc) is 3.01. The van der Waals surface area contributed by atoms with Crippen LogP contribution < -0.4 is 0 Å². The molecule has 2 heterocycles. The van der Waals surface area contributed by atoms with E-state index in [9.17, 15) is 4.79 Å². The third-order valence-electron chi connectivity index (χ3n) is 3.86. The molecule has 2 fully saturated rings. The molecule has 2 saturated heterocycles. The van der Waals surface area contributed by atoms with E-state index >= 15 is 0 Å². The number of nitrogens with zero attached hydrogens (tertiary/aromatic N) is 1. The third-order valence-corrected chi connectivity index (χ3v) is 4.39. The molecule has 0 saturated carbocycles. The van der Waals surface area contributed by atoms with Crippen molar-refractivity contribution >= 4 is 21.8 Å². The largest absolute Gasteiger partial charge is 0.348 e. The monoisotopic (exact) mass is 339 g/mol. The Morgan fingerprint density at radius 1 is 1.15 bits per heavy atom. The van der Waals surface area contributed by atoms with Crippen molar-refractivity contribution in [1.29, 1.82) is 0 Å². The topological polar surface area (TPSA) is 38.8 Å². The highest BCUT2D eigenvalue weighted by Gasteiger charge is 2.36. The molecule has 0 unspecified atom stereocenters. The van der Waals surface area contributed by atoms with E-state index in [4.69, 9.17) is 9.47 Å². The molecule has 3 rings (SSSR count). The second-order valence-corrected chi connectivity index (χ2v) is 6.09. The lowest BCUT2D eigenvalue weighted by molar-refractivity contribution is -0.100. The maximum Gasteiger partial charge on any atom is 0.254 e.